The van der Waals surface area contributed by atoms with Gasteiger partial charge in [0.15, 0.2) is 6.54 Å². The fraction of sp³-hybridized carbons (Fsp3) is 0.350. The summed E-state index contributed by atoms with van der Waals surface area (Å²) in [6.45, 7) is 4.74. The number of hydrogen-bond donors (Lipinski definition) is 2. The second kappa shape index (κ2) is 8.41. The lowest BCUT2D eigenvalue weighted by atomic mass is 10.1. The number of carbonyl (C=O) groups excluding carboxylic acids is 1. The predicted molar refractivity (Wildman–Crippen MR) is 104 cm³/mol. The molecule has 0 atom stereocenters. The van der Waals surface area contributed by atoms with E-state index in [1.165, 1.54) is 12.1 Å². The van der Waals surface area contributed by atoms with Crippen molar-refractivity contribution in [1.82, 2.24) is 0 Å². The van der Waals surface area contributed by atoms with Gasteiger partial charge in [0.25, 0.3) is 5.91 Å². The number of benzene rings is 2. The molecule has 28 heavy (non-hydrogen) atoms. The van der Waals surface area contributed by atoms with Crippen LogP contribution in [0.1, 0.15) is 11.1 Å². The quantitative estimate of drug-likeness (QED) is 0.810. The Morgan fingerprint density at radius 1 is 1.18 bits per heavy atom. The minimum absolute atomic E-state index is 0.131. The Bertz CT molecular complexity index is 849. The van der Waals surface area contributed by atoms with E-state index in [0.717, 1.165) is 16.5 Å². The summed E-state index contributed by atoms with van der Waals surface area (Å²) in [5.41, 5.74) is 1.51. The summed E-state index contributed by atoms with van der Waals surface area (Å²) < 4.78 is 38.7. The van der Waals surface area contributed by atoms with E-state index in [-0.39, 0.29) is 5.91 Å². The van der Waals surface area contributed by atoms with Crippen molar-refractivity contribution in [3.05, 3.63) is 58.6 Å². The molecule has 1 heterocycles. The lowest BCUT2D eigenvalue weighted by Gasteiger charge is -2.33. The number of quaternary nitrogens is 1. The lowest BCUT2D eigenvalue weighted by Crippen LogP contribution is -3.15. The third kappa shape index (κ3) is 5.17. The van der Waals surface area contributed by atoms with Gasteiger partial charge in [-0.1, -0.05) is 23.7 Å². The average Bonchev–Trinajstić information content (AvgIpc) is 2.64. The Hall–Kier alpha value is -2.25. The molecule has 4 nitrogen and oxygen atoms in total. The Morgan fingerprint density at radius 3 is 2.54 bits per heavy atom. The topological polar surface area (TPSA) is 36.8 Å². The largest absolute Gasteiger partial charge is 0.416 e. The molecular weight excluding hydrogens is 391 g/mol. The SMILES string of the molecule is Cc1ccc(NC(=O)C[NH+]2CCN(c3cccc(C(F)(F)F)c3)CC2)c(Cl)c1. The number of amides is 1. The molecule has 0 radical (unpaired) electrons. The molecule has 1 fully saturated rings. The highest BCUT2D eigenvalue weighted by molar-refractivity contribution is 6.33. The molecule has 1 saturated heterocycles. The van der Waals surface area contributed by atoms with E-state index >= 15 is 0 Å². The van der Waals surface area contributed by atoms with Gasteiger partial charge in [0.2, 0.25) is 0 Å². The van der Waals surface area contributed by atoms with Crippen LogP contribution >= 0.6 is 11.6 Å². The number of hydrogen-bond acceptors (Lipinski definition) is 2. The number of alkyl halides is 3. The Kier molecular flexibility index (Phi) is 6.15. The molecule has 2 N–H and O–H groups in total. The smallest absolute Gasteiger partial charge is 0.360 e. The average molecular weight is 413 g/mol. The summed E-state index contributed by atoms with van der Waals surface area (Å²) in [5, 5.41) is 3.32. The molecule has 0 saturated carbocycles. The summed E-state index contributed by atoms with van der Waals surface area (Å²) in [6, 6.07) is 10.8. The second-order valence-corrected chi connectivity index (χ2v) is 7.40. The van der Waals surface area contributed by atoms with E-state index in [1.807, 2.05) is 17.9 Å². The number of nitrogens with zero attached hydrogens (tertiary/aromatic N) is 1. The van der Waals surface area contributed by atoms with Crippen molar-refractivity contribution >= 4 is 28.9 Å². The van der Waals surface area contributed by atoms with E-state index < -0.39 is 11.7 Å². The molecular formula is C20H22ClF3N3O+. The zero-order valence-corrected chi connectivity index (χ0v) is 16.2. The van der Waals surface area contributed by atoms with Crippen LogP contribution in [-0.2, 0) is 11.0 Å². The summed E-state index contributed by atoms with van der Waals surface area (Å²) in [6.07, 6.45) is -4.35. The van der Waals surface area contributed by atoms with Crippen LogP contribution in [0.3, 0.4) is 0 Å². The van der Waals surface area contributed by atoms with Gasteiger partial charge in [-0.05, 0) is 42.8 Å². The third-order valence-electron chi connectivity index (χ3n) is 4.82. The van der Waals surface area contributed by atoms with Crippen LogP contribution in [0.25, 0.3) is 0 Å². The normalized spacial score (nSPS) is 15.5. The Labute approximate surface area is 166 Å². The summed E-state index contributed by atoms with van der Waals surface area (Å²) >= 11 is 6.14. The van der Waals surface area contributed by atoms with Gasteiger partial charge in [0.1, 0.15) is 0 Å². The molecule has 1 aliphatic heterocycles. The molecule has 0 aromatic heterocycles. The van der Waals surface area contributed by atoms with Gasteiger partial charge >= 0.3 is 6.18 Å². The monoisotopic (exact) mass is 412 g/mol. The van der Waals surface area contributed by atoms with Crippen molar-refractivity contribution in [3.63, 3.8) is 0 Å². The third-order valence-corrected chi connectivity index (χ3v) is 5.13. The van der Waals surface area contributed by atoms with Gasteiger partial charge in [-0.25, -0.2) is 0 Å². The van der Waals surface area contributed by atoms with Crippen molar-refractivity contribution in [1.29, 1.82) is 0 Å². The molecule has 2 aromatic rings. The number of rotatable bonds is 4. The summed E-state index contributed by atoms with van der Waals surface area (Å²) in [4.78, 5) is 15.3. The van der Waals surface area contributed by atoms with Gasteiger partial charge in [-0.15, -0.1) is 0 Å². The minimum Gasteiger partial charge on any atom is -0.360 e. The van der Waals surface area contributed by atoms with Crippen LogP contribution < -0.4 is 15.1 Å². The van der Waals surface area contributed by atoms with E-state index in [4.69, 9.17) is 11.6 Å². The van der Waals surface area contributed by atoms with Gasteiger partial charge < -0.3 is 15.1 Å². The standard InChI is InChI=1S/C20H21ClF3N3O/c1-14-5-6-18(17(21)11-14)25-19(28)13-26-7-9-27(10-8-26)16-4-2-3-15(12-16)20(22,23)24/h2-6,11-12H,7-10,13H2,1H3,(H,25,28)/p+1. The molecule has 1 aliphatic rings. The number of nitrogens with one attached hydrogen (secondary N) is 2. The highest BCUT2D eigenvalue weighted by Gasteiger charge is 2.31. The molecule has 0 spiro atoms. The molecule has 150 valence electrons. The van der Waals surface area contributed by atoms with E-state index in [9.17, 15) is 18.0 Å². The number of aryl methyl sites for hydroxylation is 1. The van der Waals surface area contributed by atoms with E-state index in [2.05, 4.69) is 5.32 Å². The summed E-state index contributed by atoms with van der Waals surface area (Å²) in [7, 11) is 0. The fourth-order valence-electron chi connectivity index (χ4n) is 3.28. The first kappa shape index (κ1) is 20.5. The fourth-order valence-corrected chi connectivity index (χ4v) is 3.56. The number of carbonyl (C=O) groups is 1. The van der Waals surface area contributed by atoms with Crippen LogP contribution in [0.15, 0.2) is 42.5 Å². The molecule has 0 bridgehead atoms. The second-order valence-electron chi connectivity index (χ2n) is 6.99. The molecule has 2 aromatic carbocycles. The molecule has 0 aliphatic carbocycles. The molecule has 0 unspecified atom stereocenters. The van der Waals surface area contributed by atoms with E-state index in [1.54, 1.807) is 18.2 Å². The van der Waals surface area contributed by atoms with Crippen molar-refractivity contribution in [2.75, 3.05) is 42.9 Å². The minimum atomic E-state index is -4.35. The zero-order valence-electron chi connectivity index (χ0n) is 15.4. The maximum Gasteiger partial charge on any atom is 0.416 e. The first-order chi connectivity index (χ1) is 13.2. The maximum absolute atomic E-state index is 12.9. The lowest BCUT2D eigenvalue weighted by molar-refractivity contribution is -0.892. The highest BCUT2D eigenvalue weighted by atomic mass is 35.5. The zero-order chi connectivity index (χ0) is 20.3. The predicted octanol–water partition coefficient (Wildman–Crippen LogP) is 3.01. The van der Waals surface area contributed by atoms with Gasteiger partial charge in [0, 0.05) is 5.69 Å². The Balaban J connectivity index is 1.53. The van der Waals surface area contributed by atoms with Crippen LogP contribution in [0.4, 0.5) is 24.5 Å². The van der Waals surface area contributed by atoms with Crippen LogP contribution in [0.2, 0.25) is 5.02 Å². The van der Waals surface area contributed by atoms with E-state index in [0.29, 0.717) is 49.1 Å². The first-order valence-corrected chi connectivity index (χ1v) is 9.42. The van der Waals surface area contributed by atoms with Crippen molar-refractivity contribution in [2.24, 2.45) is 0 Å². The van der Waals surface area contributed by atoms with Crippen LogP contribution in [0.5, 0.6) is 0 Å². The maximum atomic E-state index is 12.9. The van der Waals surface area contributed by atoms with Crippen LogP contribution in [-0.4, -0.2) is 38.6 Å². The van der Waals surface area contributed by atoms with Crippen molar-refractivity contribution < 1.29 is 22.9 Å². The highest BCUT2D eigenvalue weighted by Crippen LogP contribution is 2.31. The summed E-state index contributed by atoms with van der Waals surface area (Å²) in [5.74, 6) is -0.131. The van der Waals surface area contributed by atoms with Gasteiger partial charge in [-0.2, -0.15) is 13.2 Å². The van der Waals surface area contributed by atoms with Gasteiger partial charge in [0.05, 0.1) is 42.5 Å². The van der Waals surface area contributed by atoms with Gasteiger partial charge in [-0.3, -0.25) is 4.79 Å². The van der Waals surface area contributed by atoms with Crippen LogP contribution in [0, 0.1) is 6.92 Å². The van der Waals surface area contributed by atoms with Crippen molar-refractivity contribution in [2.45, 2.75) is 13.1 Å². The first-order valence-electron chi connectivity index (χ1n) is 9.04. The number of piperazine rings is 1. The molecule has 8 heteroatoms. The molecule has 1 amide bonds. The molecule has 3 rings (SSSR count). The number of anilines is 2. The number of halogens is 4. The Morgan fingerprint density at radius 2 is 1.89 bits per heavy atom. The van der Waals surface area contributed by atoms with Crippen molar-refractivity contribution in [3.8, 4) is 0 Å².